The van der Waals surface area contributed by atoms with E-state index in [1.165, 1.54) is 12.1 Å². The Morgan fingerprint density at radius 1 is 1.23 bits per heavy atom. The molecule has 1 atom stereocenters. The van der Waals surface area contributed by atoms with Crippen LogP contribution in [0.1, 0.15) is 22.3 Å². The second-order valence-corrected chi connectivity index (χ2v) is 6.72. The van der Waals surface area contributed by atoms with Crippen LogP contribution in [0, 0.1) is 5.82 Å². The smallest absolute Gasteiger partial charge is 0.251 e. The number of carbonyl (C=O) groups is 2. The molecule has 1 aliphatic heterocycles. The predicted molar refractivity (Wildman–Crippen MR) is 98.5 cm³/mol. The lowest BCUT2D eigenvalue weighted by atomic mass is 10.1. The first-order chi connectivity index (χ1) is 12.4. The highest BCUT2D eigenvalue weighted by molar-refractivity contribution is 5.96. The molecule has 6 heteroatoms. The summed E-state index contributed by atoms with van der Waals surface area (Å²) in [6.45, 7) is 0.872. The molecular formula is C20H22FN3O2. The summed E-state index contributed by atoms with van der Waals surface area (Å²) in [5.74, 6) is -0.497. The molecule has 1 fully saturated rings. The molecule has 5 nitrogen and oxygen atoms in total. The van der Waals surface area contributed by atoms with Crippen LogP contribution in [-0.4, -0.2) is 43.4 Å². The molecular weight excluding hydrogens is 333 g/mol. The van der Waals surface area contributed by atoms with Crippen molar-refractivity contribution in [3.63, 3.8) is 0 Å². The largest absolute Gasteiger partial charge is 0.378 e. The van der Waals surface area contributed by atoms with Gasteiger partial charge in [0, 0.05) is 44.9 Å². The van der Waals surface area contributed by atoms with E-state index in [0.717, 1.165) is 11.3 Å². The second-order valence-electron chi connectivity index (χ2n) is 6.72. The summed E-state index contributed by atoms with van der Waals surface area (Å²) in [5.41, 5.74) is 2.38. The van der Waals surface area contributed by atoms with Gasteiger partial charge >= 0.3 is 0 Å². The number of rotatable bonds is 5. The van der Waals surface area contributed by atoms with E-state index in [0.29, 0.717) is 18.7 Å². The van der Waals surface area contributed by atoms with Gasteiger partial charge in [-0.1, -0.05) is 18.2 Å². The van der Waals surface area contributed by atoms with Crippen molar-refractivity contribution in [3.8, 4) is 0 Å². The molecule has 0 saturated carbocycles. The van der Waals surface area contributed by atoms with E-state index in [2.05, 4.69) is 5.32 Å². The number of amides is 2. The number of carbonyl (C=O) groups excluding carboxylic acids is 2. The van der Waals surface area contributed by atoms with E-state index in [1.807, 2.05) is 37.2 Å². The van der Waals surface area contributed by atoms with Gasteiger partial charge in [0.2, 0.25) is 5.91 Å². The summed E-state index contributed by atoms with van der Waals surface area (Å²) < 4.78 is 13.0. The molecule has 136 valence electrons. The Hall–Kier alpha value is -2.89. The number of hydrogen-bond acceptors (Lipinski definition) is 3. The van der Waals surface area contributed by atoms with E-state index in [9.17, 15) is 14.0 Å². The monoisotopic (exact) mass is 355 g/mol. The normalized spacial score (nSPS) is 16.7. The SMILES string of the molecule is CN(C)c1cccc(C(=O)N[C@@H]2CC(=O)N(Cc3ccc(F)cc3)C2)c1. The molecule has 1 saturated heterocycles. The van der Waals surface area contributed by atoms with E-state index in [4.69, 9.17) is 0 Å². The Morgan fingerprint density at radius 2 is 1.96 bits per heavy atom. The van der Waals surface area contributed by atoms with Gasteiger partial charge in [-0.25, -0.2) is 4.39 Å². The number of benzene rings is 2. The molecule has 1 aliphatic rings. The number of likely N-dealkylation sites (tertiary alicyclic amines) is 1. The van der Waals surface area contributed by atoms with E-state index < -0.39 is 0 Å². The van der Waals surface area contributed by atoms with Crippen LogP contribution in [-0.2, 0) is 11.3 Å². The first kappa shape index (κ1) is 17.9. The molecule has 26 heavy (non-hydrogen) atoms. The van der Waals surface area contributed by atoms with Gasteiger partial charge in [-0.3, -0.25) is 9.59 Å². The Balaban J connectivity index is 1.61. The number of hydrogen-bond donors (Lipinski definition) is 1. The molecule has 0 aromatic heterocycles. The molecule has 0 radical (unpaired) electrons. The summed E-state index contributed by atoms with van der Waals surface area (Å²) in [6, 6.07) is 13.2. The average molecular weight is 355 g/mol. The molecule has 0 spiro atoms. The van der Waals surface area contributed by atoms with E-state index >= 15 is 0 Å². The fourth-order valence-electron chi connectivity index (χ4n) is 3.03. The van der Waals surface area contributed by atoms with E-state index in [1.54, 1.807) is 23.1 Å². The third kappa shape index (κ3) is 4.20. The maximum atomic E-state index is 13.0. The zero-order valence-corrected chi connectivity index (χ0v) is 14.9. The van der Waals surface area contributed by atoms with Crippen molar-refractivity contribution < 1.29 is 14.0 Å². The molecule has 1 heterocycles. The number of halogens is 1. The minimum atomic E-state index is -0.299. The van der Waals surface area contributed by atoms with Gasteiger partial charge in [0.1, 0.15) is 5.82 Å². The fourth-order valence-corrected chi connectivity index (χ4v) is 3.03. The molecule has 3 rings (SSSR count). The maximum Gasteiger partial charge on any atom is 0.251 e. The summed E-state index contributed by atoms with van der Waals surface area (Å²) in [6.07, 6.45) is 0.278. The zero-order chi connectivity index (χ0) is 18.7. The highest BCUT2D eigenvalue weighted by atomic mass is 19.1. The Morgan fingerprint density at radius 3 is 2.65 bits per heavy atom. The Labute approximate surface area is 152 Å². The first-order valence-electron chi connectivity index (χ1n) is 8.53. The minimum Gasteiger partial charge on any atom is -0.378 e. The third-order valence-electron chi connectivity index (χ3n) is 4.46. The maximum absolute atomic E-state index is 13.0. The molecule has 2 aromatic rings. The third-order valence-corrected chi connectivity index (χ3v) is 4.46. The molecule has 0 aliphatic carbocycles. The van der Waals surface area contributed by atoms with Crippen molar-refractivity contribution in [2.75, 3.05) is 25.5 Å². The van der Waals surface area contributed by atoms with Crippen LogP contribution in [0.4, 0.5) is 10.1 Å². The van der Waals surface area contributed by atoms with Gasteiger partial charge in [0.05, 0.1) is 6.04 Å². The summed E-state index contributed by atoms with van der Waals surface area (Å²) in [5, 5.41) is 2.94. The van der Waals surface area contributed by atoms with Gasteiger partial charge in [-0.15, -0.1) is 0 Å². The second kappa shape index (κ2) is 7.56. The lowest BCUT2D eigenvalue weighted by Crippen LogP contribution is -2.37. The van der Waals surface area contributed by atoms with Crippen LogP contribution < -0.4 is 10.2 Å². The van der Waals surface area contributed by atoms with Gasteiger partial charge in [-0.2, -0.15) is 0 Å². The average Bonchev–Trinajstić information content (AvgIpc) is 2.96. The van der Waals surface area contributed by atoms with Crippen molar-refractivity contribution in [2.24, 2.45) is 0 Å². The minimum absolute atomic E-state index is 0.0123. The van der Waals surface area contributed by atoms with Crippen LogP contribution in [0.25, 0.3) is 0 Å². The van der Waals surface area contributed by atoms with Crippen LogP contribution in [0.5, 0.6) is 0 Å². The quantitative estimate of drug-likeness (QED) is 0.896. The lowest BCUT2D eigenvalue weighted by Gasteiger charge is -2.18. The summed E-state index contributed by atoms with van der Waals surface area (Å²) in [4.78, 5) is 28.3. The zero-order valence-electron chi connectivity index (χ0n) is 14.9. The van der Waals surface area contributed by atoms with Crippen LogP contribution in [0.3, 0.4) is 0 Å². The predicted octanol–water partition coefficient (Wildman–Crippen LogP) is 2.42. The van der Waals surface area contributed by atoms with Crippen molar-refractivity contribution in [2.45, 2.75) is 19.0 Å². The number of anilines is 1. The molecule has 0 unspecified atom stereocenters. The van der Waals surface area contributed by atoms with Crippen molar-refractivity contribution in [3.05, 3.63) is 65.5 Å². The van der Waals surface area contributed by atoms with Gasteiger partial charge in [0.25, 0.3) is 5.91 Å². The summed E-state index contributed by atoms with van der Waals surface area (Å²) >= 11 is 0. The van der Waals surface area contributed by atoms with Crippen LogP contribution in [0.2, 0.25) is 0 Å². The fraction of sp³-hybridized carbons (Fsp3) is 0.300. The topological polar surface area (TPSA) is 52.7 Å². The van der Waals surface area contributed by atoms with Gasteiger partial charge < -0.3 is 15.1 Å². The summed E-state index contributed by atoms with van der Waals surface area (Å²) in [7, 11) is 3.83. The van der Waals surface area contributed by atoms with Crippen molar-refractivity contribution in [1.82, 2.24) is 10.2 Å². The lowest BCUT2D eigenvalue weighted by molar-refractivity contribution is -0.128. The molecule has 1 N–H and O–H groups in total. The number of nitrogens with zero attached hydrogens (tertiary/aromatic N) is 2. The number of nitrogens with one attached hydrogen (secondary N) is 1. The van der Waals surface area contributed by atoms with Crippen molar-refractivity contribution in [1.29, 1.82) is 0 Å². The van der Waals surface area contributed by atoms with Gasteiger partial charge in [-0.05, 0) is 35.9 Å². The van der Waals surface area contributed by atoms with E-state index in [-0.39, 0.29) is 30.1 Å². The Kier molecular flexibility index (Phi) is 5.21. The first-order valence-corrected chi connectivity index (χ1v) is 8.53. The van der Waals surface area contributed by atoms with Crippen LogP contribution >= 0.6 is 0 Å². The van der Waals surface area contributed by atoms with Crippen molar-refractivity contribution >= 4 is 17.5 Å². The van der Waals surface area contributed by atoms with Gasteiger partial charge in [0.15, 0.2) is 0 Å². The highest BCUT2D eigenvalue weighted by Crippen LogP contribution is 2.17. The Bertz CT molecular complexity index is 805. The molecule has 0 bridgehead atoms. The highest BCUT2D eigenvalue weighted by Gasteiger charge is 2.30. The standard InChI is InChI=1S/C20H22FN3O2/c1-23(2)18-5-3-4-15(10-18)20(26)22-17-11-19(25)24(13-17)12-14-6-8-16(21)9-7-14/h3-10,17H,11-13H2,1-2H3,(H,22,26)/t17-/m1/s1. The van der Waals surface area contributed by atoms with Crippen LogP contribution in [0.15, 0.2) is 48.5 Å². The molecule has 2 amide bonds. The molecule has 2 aromatic carbocycles.